The highest BCUT2D eigenvalue weighted by molar-refractivity contribution is 7.89. The molecule has 2 N–H and O–H groups in total. The van der Waals surface area contributed by atoms with E-state index in [0.29, 0.717) is 29.9 Å². The molecule has 0 aliphatic carbocycles. The Labute approximate surface area is 203 Å². The van der Waals surface area contributed by atoms with Crippen molar-refractivity contribution in [3.63, 3.8) is 0 Å². The summed E-state index contributed by atoms with van der Waals surface area (Å²) in [7, 11) is -3.95. The van der Waals surface area contributed by atoms with Gasteiger partial charge in [0.15, 0.2) is 0 Å². The van der Waals surface area contributed by atoms with Gasteiger partial charge < -0.3 is 15.1 Å². The summed E-state index contributed by atoms with van der Waals surface area (Å²) in [5.74, 6) is -0.778. The molecular formula is C23H27ClN4O5S. The van der Waals surface area contributed by atoms with E-state index in [-0.39, 0.29) is 35.7 Å². The van der Waals surface area contributed by atoms with Gasteiger partial charge in [0.25, 0.3) is 0 Å². The predicted octanol–water partition coefficient (Wildman–Crippen LogP) is 1.50. The monoisotopic (exact) mass is 506 g/mol. The number of carbonyl (C=O) groups excluding carboxylic acids is 3. The number of hydrogen-bond acceptors (Lipinski definition) is 5. The highest BCUT2D eigenvalue weighted by Crippen LogP contribution is 2.24. The summed E-state index contributed by atoms with van der Waals surface area (Å²) in [6, 6.07) is 8.10. The molecule has 2 heterocycles. The molecule has 2 fully saturated rings. The van der Waals surface area contributed by atoms with E-state index in [0.717, 1.165) is 5.39 Å². The first-order valence-corrected chi connectivity index (χ1v) is 13.0. The van der Waals surface area contributed by atoms with E-state index in [2.05, 4.69) is 10.0 Å². The third kappa shape index (κ3) is 5.03. The van der Waals surface area contributed by atoms with Gasteiger partial charge in [-0.2, -0.15) is 4.72 Å². The second-order valence-corrected chi connectivity index (χ2v) is 10.9. The van der Waals surface area contributed by atoms with Crippen molar-refractivity contribution in [1.29, 1.82) is 0 Å². The minimum Gasteiger partial charge on any atom is -0.352 e. The van der Waals surface area contributed by atoms with Crippen molar-refractivity contribution in [3.8, 4) is 0 Å². The number of likely N-dealkylation sites (tertiary alicyclic amines) is 2. The van der Waals surface area contributed by atoms with E-state index in [1.54, 1.807) is 36.1 Å². The molecule has 2 aliphatic heterocycles. The summed E-state index contributed by atoms with van der Waals surface area (Å²) >= 11 is 5.99. The number of carbonyl (C=O) groups is 3. The third-order valence-corrected chi connectivity index (χ3v) is 8.06. The first-order valence-electron chi connectivity index (χ1n) is 11.1. The molecule has 1 unspecified atom stereocenters. The first-order chi connectivity index (χ1) is 16.0. The molecule has 3 atom stereocenters. The molecule has 2 aliphatic rings. The van der Waals surface area contributed by atoms with Crippen molar-refractivity contribution in [1.82, 2.24) is 19.8 Å². The number of hydrogen-bond donors (Lipinski definition) is 2. The van der Waals surface area contributed by atoms with Crippen LogP contribution in [0.3, 0.4) is 0 Å². The maximum absolute atomic E-state index is 13.0. The molecule has 0 radical (unpaired) electrons. The lowest BCUT2D eigenvalue weighted by Crippen LogP contribution is -2.50. The topological polar surface area (TPSA) is 116 Å². The third-order valence-electron chi connectivity index (χ3n) is 6.35. The van der Waals surface area contributed by atoms with Gasteiger partial charge in [-0.25, -0.2) is 8.42 Å². The molecular weight excluding hydrogens is 480 g/mol. The minimum absolute atomic E-state index is 0.0544. The molecule has 182 valence electrons. The van der Waals surface area contributed by atoms with Crippen molar-refractivity contribution in [2.45, 2.75) is 49.7 Å². The number of halogens is 1. The fourth-order valence-electron chi connectivity index (χ4n) is 4.58. The summed E-state index contributed by atoms with van der Waals surface area (Å²) in [5.41, 5.74) is 0. The Kier molecular flexibility index (Phi) is 6.84. The highest BCUT2D eigenvalue weighted by Gasteiger charge is 2.41. The van der Waals surface area contributed by atoms with Crippen molar-refractivity contribution >= 4 is 50.1 Å². The number of rotatable bonds is 6. The number of nitrogens with one attached hydrogen (secondary N) is 2. The van der Waals surface area contributed by atoms with Gasteiger partial charge in [-0.3, -0.25) is 14.4 Å². The molecule has 2 aromatic carbocycles. The van der Waals surface area contributed by atoms with E-state index in [1.165, 1.54) is 24.0 Å². The SMILES string of the molecule is CC(=O)NC1CCN(C(=O)[C@H](C)N2CC[C@H](NS(=O)(=O)c3ccc4cc(Cl)ccc4c3)C2=O)C1. The largest absolute Gasteiger partial charge is 0.352 e. The van der Waals surface area contributed by atoms with Crippen LogP contribution in [0.4, 0.5) is 0 Å². The van der Waals surface area contributed by atoms with Crippen LogP contribution in [-0.4, -0.2) is 73.7 Å². The van der Waals surface area contributed by atoms with Crippen molar-refractivity contribution in [3.05, 3.63) is 41.4 Å². The van der Waals surface area contributed by atoms with Crippen LogP contribution in [0.15, 0.2) is 41.3 Å². The number of benzene rings is 2. The van der Waals surface area contributed by atoms with E-state index >= 15 is 0 Å². The van der Waals surface area contributed by atoms with E-state index < -0.39 is 28.0 Å². The normalized spacial score (nSPS) is 21.8. The second kappa shape index (κ2) is 9.52. The van der Waals surface area contributed by atoms with Crippen molar-refractivity contribution in [2.75, 3.05) is 19.6 Å². The Bertz CT molecular complexity index is 1250. The molecule has 2 aromatic rings. The van der Waals surface area contributed by atoms with Crippen LogP contribution in [0, 0.1) is 0 Å². The Balaban J connectivity index is 1.41. The van der Waals surface area contributed by atoms with Crippen LogP contribution in [0.25, 0.3) is 10.8 Å². The fourth-order valence-corrected chi connectivity index (χ4v) is 6.02. The smallest absolute Gasteiger partial charge is 0.245 e. The summed E-state index contributed by atoms with van der Waals surface area (Å²) in [6.07, 6.45) is 0.930. The minimum atomic E-state index is -3.95. The Hall–Kier alpha value is -2.69. The van der Waals surface area contributed by atoms with Crippen LogP contribution in [0.5, 0.6) is 0 Å². The Morgan fingerprint density at radius 1 is 1.09 bits per heavy atom. The second-order valence-electron chi connectivity index (χ2n) is 8.79. The summed E-state index contributed by atoms with van der Waals surface area (Å²) in [4.78, 5) is 40.3. The molecule has 3 amide bonds. The van der Waals surface area contributed by atoms with Gasteiger partial charge >= 0.3 is 0 Å². The quantitative estimate of drug-likeness (QED) is 0.616. The molecule has 34 heavy (non-hydrogen) atoms. The first kappa shape index (κ1) is 24.4. The van der Waals surface area contributed by atoms with Crippen molar-refractivity contribution < 1.29 is 22.8 Å². The number of sulfonamides is 1. The molecule has 0 spiro atoms. The van der Waals surface area contributed by atoms with Gasteiger partial charge in [0.05, 0.1) is 4.90 Å². The van der Waals surface area contributed by atoms with E-state index in [4.69, 9.17) is 11.6 Å². The average Bonchev–Trinajstić information content (AvgIpc) is 3.38. The molecule has 0 aromatic heterocycles. The lowest BCUT2D eigenvalue weighted by Gasteiger charge is -2.28. The van der Waals surface area contributed by atoms with Crippen LogP contribution < -0.4 is 10.0 Å². The number of nitrogens with zero attached hydrogens (tertiary/aromatic N) is 2. The zero-order chi connectivity index (χ0) is 24.6. The average molecular weight is 507 g/mol. The Morgan fingerprint density at radius 3 is 2.53 bits per heavy atom. The fraction of sp³-hybridized carbons (Fsp3) is 0.435. The molecule has 0 saturated carbocycles. The van der Waals surface area contributed by atoms with Gasteiger partial charge in [-0.05, 0) is 54.8 Å². The maximum Gasteiger partial charge on any atom is 0.245 e. The zero-order valence-corrected chi connectivity index (χ0v) is 20.5. The van der Waals surface area contributed by atoms with Crippen LogP contribution in [0.1, 0.15) is 26.7 Å². The highest BCUT2D eigenvalue weighted by atomic mass is 35.5. The summed E-state index contributed by atoms with van der Waals surface area (Å²) < 4.78 is 28.4. The van der Waals surface area contributed by atoms with Gasteiger partial charge in [0, 0.05) is 37.6 Å². The van der Waals surface area contributed by atoms with Crippen LogP contribution in [0.2, 0.25) is 5.02 Å². The lowest BCUT2D eigenvalue weighted by atomic mass is 10.1. The molecule has 11 heteroatoms. The summed E-state index contributed by atoms with van der Waals surface area (Å²) in [6.45, 7) is 4.26. The zero-order valence-electron chi connectivity index (χ0n) is 19.0. The molecule has 0 bridgehead atoms. The molecule has 4 rings (SSSR count). The van der Waals surface area contributed by atoms with Gasteiger partial charge in [-0.1, -0.05) is 23.7 Å². The van der Waals surface area contributed by atoms with Crippen LogP contribution in [-0.2, 0) is 24.4 Å². The molecule has 9 nitrogen and oxygen atoms in total. The summed E-state index contributed by atoms with van der Waals surface area (Å²) in [5, 5.41) is 4.89. The standard InChI is InChI=1S/C23H27ClN4O5S/c1-14(22(30)27-9-7-19(13-27)25-15(2)29)28-10-8-21(23(28)31)26-34(32,33)20-6-4-16-11-18(24)5-3-17(16)12-20/h3-6,11-12,14,19,21,26H,7-10,13H2,1-2H3,(H,25,29)/t14-,19?,21-/m0/s1. The Morgan fingerprint density at radius 2 is 1.79 bits per heavy atom. The number of amides is 3. The maximum atomic E-state index is 13.0. The number of fused-ring (bicyclic) bond motifs is 1. The lowest BCUT2D eigenvalue weighted by molar-refractivity contribution is -0.142. The van der Waals surface area contributed by atoms with Crippen molar-refractivity contribution in [2.24, 2.45) is 0 Å². The van der Waals surface area contributed by atoms with Gasteiger partial charge in [-0.15, -0.1) is 0 Å². The molecule has 2 saturated heterocycles. The van der Waals surface area contributed by atoms with E-state index in [9.17, 15) is 22.8 Å². The van der Waals surface area contributed by atoms with Crippen LogP contribution >= 0.6 is 11.6 Å². The van der Waals surface area contributed by atoms with Gasteiger partial charge in [0.2, 0.25) is 27.7 Å². The predicted molar refractivity (Wildman–Crippen MR) is 128 cm³/mol. The van der Waals surface area contributed by atoms with Gasteiger partial charge in [0.1, 0.15) is 12.1 Å². The van der Waals surface area contributed by atoms with E-state index in [1.807, 2.05) is 0 Å².